The second-order valence-corrected chi connectivity index (χ2v) is 7.02. The second kappa shape index (κ2) is 6.95. The van der Waals surface area contributed by atoms with Crippen LogP contribution in [0.15, 0.2) is 41.3 Å². The van der Waals surface area contributed by atoms with Crippen LogP contribution in [0.2, 0.25) is 0 Å². The van der Waals surface area contributed by atoms with Crippen molar-refractivity contribution >= 4 is 29.2 Å². The molecule has 1 aromatic carbocycles. The number of hydrogen-bond donors (Lipinski definition) is 1. The minimum atomic E-state index is -0.0699. The predicted molar refractivity (Wildman–Crippen MR) is 98.4 cm³/mol. The summed E-state index contributed by atoms with van der Waals surface area (Å²) < 4.78 is 1.85. The van der Waals surface area contributed by atoms with E-state index < -0.39 is 0 Å². The first-order valence-corrected chi connectivity index (χ1v) is 8.00. The van der Waals surface area contributed by atoms with E-state index in [1.54, 1.807) is 12.3 Å². The van der Waals surface area contributed by atoms with E-state index in [4.69, 9.17) is 5.73 Å². The van der Waals surface area contributed by atoms with Gasteiger partial charge in [-0.05, 0) is 24.0 Å². The smallest absolute Gasteiger partial charge is 0.242 e. The molecule has 5 nitrogen and oxygen atoms in total. The fourth-order valence-electron chi connectivity index (χ4n) is 3.23. The third-order valence-electron chi connectivity index (χ3n) is 4.86. The number of nitrogens with two attached hydrogens (primary N) is 1. The molecule has 1 saturated heterocycles. The van der Waals surface area contributed by atoms with Gasteiger partial charge in [-0.1, -0.05) is 26.0 Å². The minimum Gasteiger partial charge on any atom is -0.340 e. The van der Waals surface area contributed by atoms with Crippen LogP contribution >= 0.6 is 12.4 Å². The van der Waals surface area contributed by atoms with Gasteiger partial charge in [-0.2, -0.15) is 0 Å². The number of piperidine rings is 1. The number of para-hydroxylation sites is 1. The molecule has 130 valence electrons. The Morgan fingerprint density at radius 3 is 2.71 bits per heavy atom. The maximum atomic E-state index is 12.7. The van der Waals surface area contributed by atoms with E-state index in [0.717, 1.165) is 11.9 Å². The number of likely N-dealkylation sites (tertiary alicyclic amines) is 1. The minimum absolute atomic E-state index is 0. The molecule has 2 heterocycles. The molecule has 0 radical (unpaired) electrons. The van der Waals surface area contributed by atoms with Gasteiger partial charge >= 0.3 is 0 Å². The van der Waals surface area contributed by atoms with E-state index in [1.807, 2.05) is 27.7 Å². The van der Waals surface area contributed by atoms with Crippen LogP contribution in [0.1, 0.15) is 20.3 Å². The maximum Gasteiger partial charge on any atom is 0.242 e. The molecule has 24 heavy (non-hydrogen) atoms. The Labute approximate surface area is 147 Å². The highest BCUT2D eigenvalue weighted by atomic mass is 35.5. The fraction of sp³-hybridized carbons (Fsp3) is 0.444. The lowest BCUT2D eigenvalue weighted by Gasteiger charge is -2.42. The van der Waals surface area contributed by atoms with Crippen molar-refractivity contribution in [3.05, 3.63) is 46.8 Å². The summed E-state index contributed by atoms with van der Waals surface area (Å²) in [6, 6.07) is 9.03. The van der Waals surface area contributed by atoms with Crippen LogP contribution in [-0.2, 0) is 11.3 Å². The molecule has 1 aliphatic rings. The number of amides is 1. The molecule has 1 atom stereocenters. The predicted octanol–water partition coefficient (Wildman–Crippen LogP) is 2.01. The van der Waals surface area contributed by atoms with Crippen molar-refractivity contribution in [2.45, 2.75) is 32.9 Å². The van der Waals surface area contributed by atoms with Crippen LogP contribution in [0, 0.1) is 5.41 Å². The second-order valence-electron chi connectivity index (χ2n) is 7.02. The van der Waals surface area contributed by atoms with Crippen molar-refractivity contribution in [2.75, 3.05) is 13.1 Å². The number of halogens is 1. The Hall–Kier alpha value is -1.85. The number of rotatable bonds is 2. The van der Waals surface area contributed by atoms with Crippen LogP contribution in [0.25, 0.3) is 10.9 Å². The molecule has 1 unspecified atom stereocenters. The number of carbonyl (C=O) groups excluding carboxylic acids is 1. The number of carbonyl (C=O) groups is 1. The van der Waals surface area contributed by atoms with E-state index in [-0.39, 0.29) is 41.7 Å². The van der Waals surface area contributed by atoms with Crippen molar-refractivity contribution in [1.82, 2.24) is 9.47 Å². The number of hydrogen-bond acceptors (Lipinski definition) is 3. The van der Waals surface area contributed by atoms with Crippen LogP contribution in [0.5, 0.6) is 0 Å². The first kappa shape index (κ1) is 18.5. The molecule has 1 amide bonds. The van der Waals surface area contributed by atoms with Gasteiger partial charge in [0.05, 0.1) is 5.52 Å². The van der Waals surface area contributed by atoms with Gasteiger partial charge in [0.25, 0.3) is 0 Å². The van der Waals surface area contributed by atoms with Crippen LogP contribution in [0.3, 0.4) is 0 Å². The van der Waals surface area contributed by atoms with Crippen molar-refractivity contribution in [3.63, 3.8) is 0 Å². The van der Waals surface area contributed by atoms with Gasteiger partial charge in [-0.25, -0.2) is 0 Å². The third-order valence-corrected chi connectivity index (χ3v) is 4.86. The van der Waals surface area contributed by atoms with Gasteiger partial charge in [0.2, 0.25) is 5.91 Å². The number of fused-ring (bicyclic) bond motifs is 1. The highest BCUT2D eigenvalue weighted by Gasteiger charge is 2.35. The summed E-state index contributed by atoms with van der Waals surface area (Å²) in [5.74, 6) is 0.0683. The lowest BCUT2D eigenvalue weighted by molar-refractivity contribution is -0.135. The summed E-state index contributed by atoms with van der Waals surface area (Å²) >= 11 is 0. The molecule has 0 bridgehead atoms. The molecular formula is C18H24ClN3O2. The lowest BCUT2D eigenvalue weighted by Crippen LogP contribution is -2.54. The summed E-state index contributed by atoms with van der Waals surface area (Å²) in [6.45, 7) is 5.82. The van der Waals surface area contributed by atoms with Gasteiger partial charge in [0.15, 0.2) is 5.43 Å². The van der Waals surface area contributed by atoms with E-state index in [9.17, 15) is 9.59 Å². The number of aromatic nitrogens is 1. The molecule has 2 aromatic rings. The quantitative estimate of drug-likeness (QED) is 0.901. The van der Waals surface area contributed by atoms with Gasteiger partial charge in [0, 0.05) is 36.8 Å². The maximum absolute atomic E-state index is 12.7. The SMILES string of the molecule is CC1(C)CN(C(=O)Cn2ccc(=O)c3ccccc32)CCC1N.Cl. The number of pyridine rings is 1. The highest BCUT2D eigenvalue weighted by Crippen LogP contribution is 2.27. The topological polar surface area (TPSA) is 68.3 Å². The van der Waals surface area contributed by atoms with E-state index in [1.165, 1.54) is 6.07 Å². The van der Waals surface area contributed by atoms with Crippen molar-refractivity contribution in [3.8, 4) is 0 Å². The average molecular weight is 350 g/mol. The summed E-state index contributed by atoms with van der Waals surface area (Å²) in [7, 11) is 0. The summed E-state index contributed by atoms with van der Waals surface area (Å²) in [4.78, 5) is 26.5. The Kier molecular flexibility index (Phi) is 5.35. The standard InChI is InChI=1S/C18H23N3O2.ClH/c1-18(2)12-21(10-8-16(18)19)17(23)11-20-9-7-15(22)13-5-3-4-6-14(13)20;/h3-7,9,16H,8,10-12,19H2,1-2H3;1H. The molecule has 1 fully saturated rings. The van der Waals surface area contributed by atoms with Crippen molar-refractivity contribution < 1.29 is 4.79 Å². The molecule has 0 saturated carbocycles. The Bertz CT molecular complexity index is 800. The molecule has 2 N–H and O–H groups in total. The summed E-state index contributed by atoms with van der Waals surface area (Å²) in [5.41, 5.74) is 6.84. The van der Waals surface area contributed by atoms with Crippen molar-refractivity contribution in [1.29, 1.82) is 0 Å². The fourth-order valence-corrected chi connectivity index (χ4v) is 3.23. The molecule has 0 aliphatic carbocycles. The molecule has 1 aromatic heterocycles. The molecule has 3 rings (SSSR count). The van der Waals surface area contributed by atoms with E-state index in [2.05, 4.69) is 13.8 Å². The lowest BCUT2D eigenvalue weighted by atomic mass is 9.79. The van der Waals surface area contributed by atoms with Crippen LogP contribution in [0.4, 0.5) is 0 Å². The Morgan fingerprint density at radius 1 is 1.29 bits per heavy atom. The van der Waals surface area contributed by atoms with E-state index in [0.29, 0.717) is 18.5 Å². The van der Waals surface area contributed by atoms with Gasteiger partial charge in [0.1, 0.15) is 6.54 Å². The molecule has 1 aliphatic heterocycles. The Morgan fingerprint density at radius 2 is 2.00 bits per heavy atom. The zero-order valence-electron chi connectivity index (χ0n) is 14.1. The molecular weight excluding hydrogens is 326 g/mol. The third kappa shape index (κ3) is 3.47. The monoisotopic (exact) mass is 349 g/mol. The zero-order chi connectivity index (χ0) is 16.6. The normalized spacial score (nSPS) is 19.8. The van der Waals surface area contributed by atoms with E-state index >= 15 is 0 Å². The van der Waals surface area contributed by atoms with Gasteiger partial charge < -0.3 is 15.2 Å². The Balaban J connectivity index is 0.00000208. The van der Waals surface area contributed by atoms with Gasteiger partial charge in [-0.3, -0.25) is 9.59 Å². The van der Waals surface area contributed by atoms with Gasteiger partial charge in [-0.15, -0.1) is 12.4 Å². The number of benzene rings is 1. The highest BCUT2D eigenvalue weighted by molar-refractivity contribution is 5.85. The van der Waals surface area contributed by atoms with Crippen LogP contribution in [-0.4, -0.2) is 34.5 Å². The molecule has 6 heteroatoms. The first-order chi connectivity index (χ1) is 10.9. The van der Waals surface area contributed by atoms with Crippen LogP contribution < -0.4 is 11.2 Å². The largest absolute Gasteiger partial charge is 0.340 e. The summed E-state index contributed by atoms with van der Waals surface area (Å²) in [5, 5.41) is 0.642. The number of nitrogens with zero attached hydrogens (tertiary/aromatic N) is 2. The van der Waals surface area contributed by atoms with Crippen molar-refractivity contribution in [2.24, 2.45) is 11.1 Å². The summed E-state index contributed by atoms with van der Waals surface area (Å²) in [6.07, 6.45) is 2.52. The first-order valence-electron chi connectivity index (χ1n) is 8.00. The zero-order valence-corrected chi connectivity index (χ0v) is 14.9. The average Bonchev–Trinajstić information content (AvgIpc) is 2.53. The molecule has 0 spiro atoms.